The highest BCUT2D eigenvalue weighted by Gasteiger charge is 2.07. The van der Waals surface area contributed by atoms with E-state index in [0.29, 0.717) is 16.9 Å². The molecule has 0 heterocycles. The van der Waals surface area contributed by atoms with Crippen molar-refractivity contribution in [1.29, 1.82) is 5.26 Å². The van der Waals surface area contributed by atoms with Crippen molar-refractivity contribution in [2.45, 2.75) is 6.92 Å². The maximum Gasteiger partial charge on any atom is 0.102 e. The molecule has 0 unspecified atom stereocenters. The Morgan fingerprint density at radius 1 is 1.37 bits per heavy atom. The number of aliphatic imine (C=N–C) groups is 1. The minimum absolute atomic E-state index is 0.510. The lowest BCUT2D eigenvalue weighted by Crippen LogP contribution is -2.07. The molecule has 0 N–H and O–H groups in total. The first-order valence-corrected chi connectivity index (χ1v) is 7.98. The summed E-state index contributed by atoms with van der Waals surface area (Å²) in [6.07, 6.45) is 4.77. The van der Waals surface area contributed by atoms with Gasteiger partial charge in [0.15, 0.2) is 0 Å². The fourth-order valence-corrected chi connectivity index (χ4v) is 2.09. The van der Waals surface area contributed by atoms with Crippen molar-refractivity contribution in [3.05, 3.63) is 23.3 Å². The van der Waals surface area contributed by atoms with E-state index in [9.17, 15) is 4.21 Å². The molecule has 0 aliphatic rings. The molecule has 0 bridgehead atoms. The van der Waals surface area contributed by atoms with Gasteiger partial charge in [-0.05, 0) is 24.6 Å². The van der Waals surface area contributed by atoms with Crippen LogP contribution in [0.25, 0.3) is 0 Å². The van der Waals surface area contributed by atoms with Gasteiger partial charge >= 0.3 is 0 Å². The van der Waals surface area contributed by atoms with Gasteiger partial charge in [-0.2, -0.15) is 9.62 Å². The summed E-state index contributed by atoms with van der Waals surface area (Å²) in [5, 5.41) is 9.16. The van der Waals surface area contributed by atoms with E-state index in [1.807, 2.05) is 21.0 Å². The van der Waals surface area contributed by atoms with E-state index in [0.717, 1.165) is 5.56 Å². The molecule has 19 heavy (non-hydrogen) atoms. The summed E-state index contributed by atoms with van der Waals surface area (Å²) in [5.41, 5.74) is 2.41. The lowest BCUT2D eigenvalue weighted by atomic mass is 10.1. The van der Waals surface area contributed by atoms with E-state index in [-0.39, 0.29) is 0 Å². The van der Waals surface area contributed by atoms with Crippen LogP contribution in [0.2, 0.25) is 0 Å². The van der Waals surface area contributed by atoms with E-state index in [4.69, 9.17) is 5.26 Å². The van der Waals surface area contributed by atoms with Crippen molar-refractivity contribution in [2.24, 2.45) is 9.36 Å². The van der Waals surface area contributed by atoms with Crippen LogP contribution in [0, 0.1) is 18.3 Å². The predicted octanol–water partition coefficient (Wildman–Crippen LogP) is 2.45. The van der Waals surface area contributed by atoms with Gasteiger partial charge in [-0.3, -0.25) is 0 Å². The largest absolute Gasteiger partial charge is 0.369 e. The summed E-state index contributed by atoms with van der Waals surface area (Å²) in [6.45, 7) is 1.82. The highest BCUT2D eigenvalue weighted by atomic mass is 32.2. The first-order valence-electron chi connectivity index (χ1n) is 5.65. The van der Waals surface area contributed by atoms with Crippen molar-refractivity contribution in [3.8, 4) is 6.07 Å². The van der Waals surface area contributed by atoms with Crippen molar-refractivity contribution in [1.82, 2.24) is 4.90 Å². The van der Waals surface area contributed by atoms with E-state index in [1.54, 1.807) is 35.9 Å². The molecule has 1 aromatic carbocycles. The second-order valence-corrected chi connectivity index (χ2v) is 7.29. The van der Waals surface area contributed by atoms with Crippen LogP contribution in [-0.4, -0.2) is 42.1 Å². The van der Waals surface area contributed by atoms with Crippen molar-refractivity contribution < 1.29 is 4.21 Å². The maximum atomic E-state index is 11.7. The smallest absolute Gasteiger partial charge is 0.102 e. The van der Waals surface area contributed by atoms with Crippen molar-refractivity contribution >= 4 is 27.4 Å². The Kier molecular flexibility index (Phi) is 4.67. The molecular formula is C13H18N4OS. The molecule has 0 aliphatic heterocycles. The number of hydrogen-bond acceptors (Lipinski definition) is 4. The van der Waals surface area contributed by atoms with E-state index >= 15 is 0 Å². The van der Waals surface area contributed by atoms with Gasteiger partial charge in [-0.15, -0.1) is 0 Å². The number of benzene rings is 1. The zero-order valence-electron chi connectivity index (χ0n) is 11.8. The van der Waals surface area contributed by atoms with E-state index < -0.39 is 9.73 Å². The second-order valence-electron chi connectivity index (χ2n) is 4.75. The fourth-order valence-electron chi connectivity index (χ4n) is 1.48. The summed E-state index contributed by atoms with van der Waals surface area (Å²) in [4.78, 5) is 6.03. The zero-order chi connectivity index (χ0) is 14.6. The van der Waals surface area contributed by atoms with Crippen LogP contribution in [0.4, 0.5) is 11.4 Å². The highest BCUT2D eigenvalue weighted by Crippen LogP contribution is 2.29. The van der Waals surface area contributed by atoms with Gasteiger partial charge in [0, 0.05) is 36.3 Å². The van der Waals surface area contributed by atoms with Crippen LogP contribution in [0.3, 0.4) is 0 Å². The monoisotopic (exact) mass is 278 g/mol. The lowest BCUT2D eigenvalue weighted by molar-refractivity contribution is 0.643. The van der Waals surface area contributed by atoms with Gasteiger partial charge in [0.1, 0.15) is 6.07 Å². The first kappa shape index (κ1) is 15.2. The Balaban J connectivity index is 3.44. The molecule has 1 aromatic rings. The van der Waals surface area contributed by atoms with Crippen LogP contribution in [0.5, 0.6) is 0 Å². The molecular weight excluding hydrogens is 260 g/mol. The predicted molar refractivity (Wildman–Crippen MR) is 79.8 cm³/mol. The van der Waals surface area contributed by atoms with Gasteiger partial charge < -0.3 is 4.90 Å². The molecule has 0 aromatic heterocycles. The SMILES string of the molecule is Cc1cc(N=S(C)(C)=O)cc(/N=C/N(C)C)c1C#N. The topological polar surface area (TPSA) is 68.8 Å². The number of nitriles is 1. The molecule has 0 aliphatic carbocycles. The number of rotatable bonds is 3. The average molecular weight is 278 g/mol. The second kappa shape index (κ2) is 5.85. The third-order valence-corrected chi connectivity index (χ3v) is 2.81. The quantitative estimate of drug-likeness (QED) is 0.630. The Labute approximate surface area is 114 Å². The maximum absolute atomic E-state index is 11.7. The molecule has 0 radical (unpaired) electrons. The Hall–Kier alpha value is -1.87. The summed E-state index contributed by atoms with van der Waals surface area (Å²) in [7, 11) is 1.47. The van der Waals surface area contributed by atoms with Crippen LogP contribution in [0.15, 0.2) is 21.5 Å². The minimum atomic E-state index is -2.23. The molecule has 0 amide bonds. The molecule has 102 valence electrons. The van der Waals surface area contributed by atoms with Gasteiger partial charge in [0.2, 0.25) is 0 Å². The minimum Gasteiger partial charge on any atom is -0.369 e. The molecule has 5 nitrogen and oxygen atoms in total. The molecule has 0 spiro atoms. The van der Waals surface area contributed by atoms with Gasteiger partial charge in [-0.1, -0.05) is 0 Å². The van der Waals surface area contributed by atoms with Gasteiger partial charge in [0.25, 0.3) is 0 Å². The molecule has 0 saturated carbocycles. The Bertz CT molecular complexity index is 654. The van der Waals surface area contributed by atoms with E-state index in [2.05, 4.69) is 15.4 Å². The van der Waals surface area contributed by atoms with Crippen LogP contribution in [0.1, 0.15) is 11.1 Å². The number of aryl methyl sites for hydroxylation is 1. The van der Waals surface area contributed by atoms with E-state index in [1.165, 1.54) is 0 Å². The van der Waals surface area contributed by atoms with Crippen LogP contribution in [-0.2, 0) is 9.73 Å². The Morgan fingerprint density at radius 3 is 2.47 bits per heavy atom. The molecule has 0 atom stereocenters. The molecule has 6 heteroatoms. The van der Waals surface area contributed by atoms with Gasteiger partial charge in [0.05, 0.1) is 23.3 Å². The summed E-state index contributed by atoms with van der Waals surface area (Å²) in [6, 6.07) is 5.56. The Morgan fingerprint density at radius 2 is 2.00 bits per heavy atom. The van der Waals surface area contributed by atoms with Gasteiger partial charge in [-0.25, -0.2) is 9.20 Å². The van der Waals surface area contributed by atoms with Crippen LogP contribution >= 0.6 is 0 Å². The normalized spacial score (nSPS) is 11.4. The highest BCUT2D eigenvalue weighted by molar-refractivity contribution is 7.92. The third-order valence-electron chi connectivity index (χ3n) is 2.16. The number of nitrogens with zero attached hydrogens (tertiary/aromatic N) is 4. The number of hydrogen-bond donors (Lipinski definition) is 0. The lowest BCUT2D eigenvalue weighted by Gasteiger charge is -2.07. The van der Waals surface area contributed by atoms with Crippen LogP contribution < -0.4 is 0 Å². The first-order chi connectivity index (χ1) is 8.73. The van der Waals surface area contributed by atoms with Crippen molar-refractivity contribution in [2.75, 3.05) is 26.6 Å². The molecule has 1 rings (SSSR count). The third kappa shape index (κ3) is 4.72. The summed E-state index contributed by atoms with van der Waals surface area (Å²) in [5.74, 6) is 0. The van der Waals surface area contributed by atoms with Crippen molar-refractivity contribution in [3.63, 3.8) is 0 Å². The average Bonchev–Trinajstić information content (AvgIpc) is 2.23. The molecule has 0 fully saturated rings. The standard InChI is InChI=1S/C13H18N4OS/c1-10-6-11(16-19(4,5)18)7-13(12(10)8-14)15-9-17(2)3/h6-7,9H,1-5H3/b15-9+. The zero-order valence-corrected chi connectivity index (χ0v) is 12.7. The molecule has 0 saturated heterocycles. The summed E-state index contributed by atoms with van der Waals surface area (Å²) >= 11 is 0. The fraction of sp³-hybridized carbons (Fsp3) is 0.385. The summed E-state index contributed by atoms with van der Waals surface area (Å²) < 4.78 is 15.9.